The Hall–Kier alpha value is -2.11. The van der Waals surface area contributed by atoms with Crippen molar-refractivity contribution in [1.29, 1.82) is 0 Å². The summed E-state index contributed by atoms with van der Waals surface area (Å²) < 4.78 is 22.8. The number of rotatable bonds is 5. The van der Waals surface area contributed by atoms with Crippen molar-refractivity contribution in [2.75, 3.05) is 14.1 Å². The van der Waals surface area contributed by atoms with Gasteiger partial charge in [-0.05, 0) is 0 Å². The third kappa shape index (κ3) is 2.66. The minimum atomic E-state index is -3.14. The van der Waals surface area contributed by atoms with Gasteiger partial charge in [-0.3, -0.25) is 9.69 Å². The van der Waals surface area contributed by atoms with Gasteiger partial charge in [0.05, 0.1) is 14.1 Å². The molecule has 0 aromatic heterocycles. The number of hydrogen-bond donors (Lipinski definition) is 0. The van der Waals surface area contributed by atoms with Crippen molar-refractivity contribution < 1.29 is 18.3 Å². The standard InChI is InChI=1S/C17H24BFN2O2/c1-6-12-17(14(2)3)16(22)23-18(19,21(17)13-20(4)5)15-10-8-7-9-11-15/h6-11,13-14H,1,12H2,2-5H3/b21-13+/t17-,18?/m0/s1. The molecule has 1 fully saturated rings. The van der Waals surface area contributed by atoms with Crippen molar-refractivity contribution in [2.45, 2.75) is 25.8 Å². The SMILES string of the molecule is C=CC[C@]1(C(C)C)C(=O)O[B-](F)(c2ccccc2)/[N+]1=C/N(C)C. The summed E-state index contributed by atoms with van der Waals surface area (Å²) in [7, 11) is 3.59. The molecule has 1 aromatic rings. The Morgan fingerprint density at radius 3 is 2.48 bits per heavy atom. The largest absolute Gasteiger partial charge is 0.619 e. The second-order valence-corrected chi connectivity index (χ2v) is 6.52. The highest BCUT2D eigenvalue weighted by Gasteiger charge is 2.62. The van der Waals surface area contributed by atoms with Crippen molar-refractivity contribution in [2.24, 2.45) is 5.92 Å². The van der Waals surface area contributed by atoms with Crippen LogP contribution in [0.2, 0.25) is 0 Å². The lowest BCUT2D eigenvalue weighted by Crippen LogP contribution is -2.60. The molecule has 0 saturated carbocycles. The van der Waals surface area contributed by atoms with Crippen LogP contribution in [0.3, 0.4) is 0 Å². The Labute approximate surface area is 137 Å². The Bertz CT molecular complexity index is 633. The van der Waals surface area contributed by atoms with Gasteiger partial charge in [-0.25, -0.2) is 0 Å². The van der Waals surface area contributed by atoms with E-state index < -0.39 is 18.3 Å². The Morgan fingerprint density at radius 1 is 1.39 bits per heavy atom. The molecule has 1 aliphatic rings. The quantitative estimate of drug-likeness (QED) is 0.472. The summed E-state index contributed by atoms with van der Waals surface area (Å²) in [4.78, 5) is 14.5. The van der Waals surface area contributed by atoms with E-state index in [-0.39, 0.29) is 5.92 Å². The normalized spacial score (nSPS) is 29.0. The van der Waals surface area contributed by atoms with Gasteiger partial charge in [0, 0.05) is 12.3 Å². The molecule has 0 bridgehead atoms. The molecule has 0 spiro atoms. The van der Waals surface area contributed by atoms with E-state index in [4.69, 9.17) is 4.65 Å². The summed E-state index contributed by atoms with van der Waals surface area (Å²) in [5.74, 6) is -0.690. The van der Waals surface area contributed by atoms with Crippen LogP contribution < -0.4 is 5.46 Å². The predicted octanol–water partition coefficient (Wildman–Crippen LogP) is 1.93. The number of benzene rings is 1. The minimum absolute atomic E-state index is 0.146. The first-order chi connectivity index (χ1) is 10.8. The van der Waals surface area contributed by atoms with Gasteiger partial charge in [-0.2, -0.15) is 0 Å². The maximum Gasteiger partial charge on any atom is 0.568 e. The fourth-order valence-corrected chi connectivity index (χ4v) is 3.24. The molecule has 0 radical (unpaired) electrons. The van der Waals surface area contributed by atoms with E-state index >= 15 is 4.32 Å². The van der Waals surface area contributed by atoms with Gasteiger partial charge in [0.15, 0.2) is 11.9 Å². The molecule has 1 saturated heterocycles. The van der Waals surface area contributed by atoms with Crippen LogP contribution in [0.15, 0.2) is 43.0 Å². The van der Waals surface area contributed by atoms with Crippen molar-refractivity contribution in [3.8, 4) is 0 Å². The van der Waals surface area contributed by atoms with Crippen LogP contribution >= 0.6 is 0 Å². The summed E-state index contributed by atoms with van der Waals surface area (Å²) in [5.41, 5.74) is -0.748. The molecule has 1 aromatic carbocycles. The first-order valence-corrected chi connectivity index (χ1v) is 7.82. The molecule has 2 atom stereocenters. The van der Waals surface area contributed by atoms with E-state index in [0.717, 1.165) is 0 Å². The molecular weight excluding hydrogens is 294 g/mol. The molecule has 1 heterocycles. The second-order valence-electron chi connectivity index (χ2n) is 6.52. The topological polar surface area (TPSA) is 32.6 Å². The number of carbonyl (C=O) groups is 1. The third-order valence-corrected chi connectivity index (χ3v) is 4.41. The van der Waals surface area contributed by atoms with Crippen LogP contribution in [0, 0.1) is 5.92 Å². The molecule has 1 unspecified atom stereocenters. The summed E-state index contributed by atoms with van der Waals surface area (Å²) in [6, 6.07) is 8.58. The van der Waals surface area contributed by atoms with Gasteiger partial charge in [0.2, 0.25) is 0 Å². The first-order valence-electron chi connectivity index (χ1n) is 7.82. The zero-order valence-corrected chi connectivity index (χ0v) is 14.2. The van der Waals surface area contributed by atoms with Gasteiger partial charge < -0.3 is 13.5 Å². The monoisotopic (exact) mass is 318 g/mol. The van der Waals surface area contributed by atoms with Crippen LogP contribution in [0.4, 0.5) is 4.32 Å². The smallest absolute Gasteiger partial charge is 0.568 e. The molecule has 2 rings (SSSR count). The second kappa shape index (κ2) is 6.18. The lowest BCUT2D eigenvalue weighted by molar-refractivity contribution is -0.489. The average molecular weight is 318 g/mol. The van der Waals surface area contributed by atoms with Crippen LogP contribution in [-0.2, 0) is 9.45 Å². The van der Waals surface area contributed by atoms with E-state index in [1.165, 1.54) is 4.49 Å². The van der Waals surface area contributed by atoms with E-state index in [1.807, 2.05) is 13.8 Å². The zero-order valence-electron chi connectivity index (χ0n) is 14.2. The van der Waals surface area contributed by atoms with Gasteiger partial charge in [-0.15, -0.1) is 6.58 Å². The lowest BCUT2D eigenvalue weighted by atomic mass is 9.65. The molecule has 1 aliphatic heterocycles. The van der Waals surface area contributed by atoms with E-state index in [2.05, 4.69) is 6.58 Å². The van der Waals surface area contributed by atoms with Gasteiger partial charge >= 0.3 is 12.7 Å². The summed E-state index contributed by atoms with van der Waals surface area (Å²) in [5, 5.41) is 0. The predicted molar refractivity (Wildman–Crippen MR) is 91.4 cm³/mol. The third-order valence-electron chi connectivity index (χ3n) is 4.41. The first kappa shape index (κ1) is 17.3. The molecule has 6 heteroatoms. The van der Waals surface area contributed by atoms with E-state index in [0.29, 0.717) is 11.9 Å². The zero-order chi connectivity index (χ0) is 17.3. The van der Waals surface area contributed by atoms with E-state index in [9.17, 15) is 4.79 Å². The van der Waals surface area contributed by atoms with E-state index in [1.54, 1.807) is 61.7 Å². The maximum atomic E-state index is 16.0. The van der Waals surface area contributed by atoms with Gasteiger partial charge in [0.1, 0.15) is 0 Å². The Kier molecular flexibility index (Phi) is 4.64. The molecule has 0 aliphatic carbocycles. The summed E-state index contributed by atoms with van der Waals surface area (Å²) in [6.45, 7) is 4.40. The summed E-state index contributed by atoms with van der Waals surface area (Å²) in [6.07, 6.45) is 3.57. The molecular formula is C17H24BFN2O2. The number of hydrogen-bond acceptors (Lipinski definition) is 2. The Balaban J connectivity index is 2.72. The molecule has 0 N–H and O–H groups in total. The molecule has 0 amide bonds. The lowest BCUT2D eigenvalue weighted by Gasteiger charge is -2.35. The van der Waals surface area contributed by atoms with Gasteiger partial charge in [0.25, 0.3) is 0 Å². The van der Waals surface area contributed by atoms with Crippen molar-refractivity contribution in [3.05, 3.63) is 43.0 Å². The molecule has 124 valence electrons. The molecule has 4 nitrogen and oxygen atoms in total. The average Bonchev–Trinajstić information content (AvgIpc) is 2.71. The van der Waals surface area contributed by atoms with Crippen molar-refractivity contribution >= 4 is 24.5 Å². The highest BCUT2D eigenvalue weighted by Crippen LogP contribution is 2.38. The van der Waals surface area contributed by atoms with Crippen LogP contribution in [0.1, 0.15) is 20.3 Å². The minimum Gasteiger partial charge on any atom is -0.619 e. The van der Waals surface area contributed by atoms with Crippen molar-refractivity contribution in [1.82, 2.24) is 4.90 Å². The summed E-state index contributed by atoms with van der Waals surface area (Å²) >= 11 is 0. The fraction of sp³-hybridized carbons (Fsp3) is 0.412. The fourth-order valence-electron chi connectivity index (χ4n) is 3.24. The highest BCUT2D eigenvalue weighted by atomic mass is 19.1. The van der Waals surface area contributed by atoms with Crippen LogP contribution in [0.5, 0.6) is 0 Å². The van der Waals surface area contributed by atoms with Crippen molar-refractivity contribution in [3.63, 3.8) is 0 Å². The van der Waals surface area contributed by atoms with Crippen LogP contribution in [0.25, 0.3) is 0 Å². The Morgan fingerprint density at radius 2 is 2.00 bits per heavy atom. The van der Waals surface area contributed by atoms with Gasteiger partial charge in [-0.1, -0.05) is 55.7 Å². The number of nitrogens with zero attached hydrogens (tertiary/aromatic N) is 2. The highest BCUT2D eigenvalue weighted by molar-refractivity contribution is 6.76. The number of halogens is 1. The van der Waals surface area contributed by atoms with Crippen LogP contribution in [-0.4, -0.2) is 48.1 Å². The number of carbonyl (C=O) groups excluding carboxylic acids is 1. The molecule has 23 heavy (non-hydrogen) atoms. The maximum absolute atomic E-state index is 16.0.